The van der Waals surface area contributed by atoms with Gasteiger partial charge in [0.25, 0.3) is 0 Å². The van der Waals surface area contributed by atoms with Crippen molar-refractivity contribution in [3.63, 3.8) is 0 Å². The van der Waals surface area contributed by atoms with Crippen molar-refractivity contribution in [3.8, 4) is 11.5 Å². The molecule has 1 aliphatic heterocycles. The number of hydrogen-bond acceptors (Lipinski definition) is 5. The molecule has 0 aliphatic carbocycles. The summed E-state index contributed by atoms with van der Waals surface area (Å²) in [4.78, 5) is 21.7. The summed E-state index contributed by atoms with van der Waals surface area (Å²) in [5.41, 5.74) is 8.31. The zero-order chi connectivity index (χ0) is 24.8. The zero-order valence-corrected chi connectivity index (χ0v) is 21.3. The first kappa shape index (κ1) is 25.1. The SMILES string of the molecule is CCCCCOc1cc(N2CCCN(Cc3ccnc4c3c(Cl)cn4CCN)C2=O)ccc1OC. The van der Waals surface area contributed by atoms with Crippen molar-refractivity contribution in [2.24, 2.45) is 5.73 Å². The summed E-state index contributed by atoms with van der Waals surface area (Å²) in [6.07, 6.45) is 7.71. The molecule has 0 saturated carbocycles. The van der Waals surface area contributed by atoms with E-state index in [4.69, 9.17) is 26.8 Å². The van der Waals surface area contributed by atoms with Gasteiger partial charge in [0.2, 0.25) is 0 Å². The third-order valence-electron chi connectivity index (χ3n) is 6.30. The fourth-order valence-electron chi connectivity index (χ4n) is 4.52. The van der Waals surface area contributed by atoms with Crippen LogP contribution in [0.1, 0.15) is 38.2 Å². The van der Waals surface area contributed by atoms with E-state index in [-0.39, 0.29) is 6.03 Å². The highest BCUT2D eigenvalue weighted by molar-refractivity contribution is 6.35. The third kappa shape index (κ3) is 5.49. The largest absolute Gasteiger partial charge is 0.493 e. The van der Waals surface area contributed by atoms with Gasteiger partial charge >= 0.3 is 6.03 Å². The number of pyridine rings is 1. The average molecular weight is 500 g/mol. The van der Waals surface area contributed by atoms with Gasteiger partial charge in [0.05, 0.1) is 18.7 Å². The minimum Gasteiger partial charge on any atom is -0.493 e. The summed E-state index contributed by atoms with van der Waals surface area (Å²) in [5, 5.41) is 1.50. The first-order valence-corrected chi connectivity index (χ1v) is 12.6. The molecule has 2 aromatic heterocycles. The Hall–Kier alpha value is -2.97. The minimum absolute atomic E-state index is 0.0409. The molecular weight excluding hydrogens is 466 g/mol. The van der Waals surface area contributed by atoms with Crippen LogP contribution in [0.5, 0.6) is 11.5 Å². The van der Waals surface area contributed by atoms with Gasteiger partial charge in [-0.3, -0.25) is 4.90 Å². The predicted molar refractivity (Wildman–Crippen MR) is 140 cm³/mol. The number of fused-ring (bicyclic) bond motifs is 1. The molecule has 3 heterocycles. The van der Waals surface area contributed by atoms with Crippen LogP contribution in [0.3, 0.4) is 0 Å². The zero-order valence-electron chi connectivity index (χ0n) is 20.5. The summed E-state index contributed by atoms with van der Waals surface area (Å²) in [5.74, 6) is 1.33. The van der Waals surface area contributed by atoms with E-state index in [2.05, 4.69) is 11.9 Å². The van der Waals surface area contributed by atoms with Crippen molar-refractivity contribution in [2.45, 2.75) is 45.7 Å². The molecule has 0 radical (unpaired) electrons. The van der Waals surface area contributed by atoms with Crippen molar-refractivity contribution in [1.29, 1.82) is 0 Å². The molecule has 1 saturated heterocycles. The number of rotatable bonds is 11. The highest BCUT2D eigenvalue weighted by Gasteiger charge is 2.28. The van der Waals surface area contributed by atoms with Gasteiger partial charge in [-0.05, 0) is 36.6 Å². The molecule has 35 heavy (non-hydrogen) atoms. The van der Waals surface area contributed by atoms with Gasteiger partial charge in [-0.2, -0.15) is 0 Å². The van der Waals surface area contributed by atoms with Crippen LogP contribution in [0, 0.1) is 0 Å². The molecule has 1 fully saturated rings. The van der Waals surface area contributed by atoms with E-state index in [9.17, 15) is 4.79 Å². The number of aromatic nitrogens is 2. The van der Waals surface area contributed by atoms with Crippen LogP contribution in [0.2, 0.25) is 5.02 Å². The van der Waals surface area contributed by atoms with Gasteiger partial charge < -0.3 is 24.7 Å². The van der Waals surface area contributed by atoms with Crippen LogP contribution in [0.15, 0.2) is 36.7 Å². The van der Waals surface area contributed by atoms with Crippen LogP contribution in [-0.2, 0) is 13.1 Å². The lowest BCUT2D eigenvalue weighted by atomic mass is 10.1. The first-order chi connectivity index (χ1) is 17.1. The van der Waals surface area contributed by atoms with Crippen molar-refractivity contribution in [2.75, 3.05) is 38.3 Å². The lowest BCUT2D eigenvalue weighted by Gasteiger charge is -2.36. The fraction of sp³-hybridized carbons (Fsp3) is 0.462. The summed E-state index contributed by atoms with van der Waals surface area (Å²) < 4.78 is 13.4. The Labute approximate surface area is 211 Å². The van der Waals surface area contributed by atoms with Crippen LogP contribution < -0.4 is 20.1 Å². The van der Waals surface area contributed by atoms with Gasteiger partial charge in [0.1, 0.15) is 5.65 Å². The predicted octanol–water partition coefficient (Wildman–Crippen LogP) is 5.06. The highest BCUT2D eigenvalue weighted by atomic mass is 35.5. The van der Waals surface area contributed by atoms with E-state index in [0.717, 1.165) is 48.0 Å². The van der Waals surface area contributed by atoms with Crippen LogP contribution in [0.25, 0.3) is 11.0 Å². The Morgan fingerprint density at radius 2 is 2.03 bits per heavy atom. The summed E-state index contributed by atoms with van der Waals surface area (Å²) in [6, 6.07) is 7.57. The van der Waals surface area contributed by atoms with Crippen molar-refractivity contribution < 1.29 is 14.3 Å². The number of urea groups is 1. The maximum absolute atomic E-state index is 13.5. The molecule has 2 amide bonds. The van der Waals surface area contributed by atoms with E-state index in [1.807, 2.05) is 39.9 Å². The van der Waals surface area contributed by atoms with Gasteiger partial charge in [-0.25, -0.2) is 9.78 Å². The van der Waals surface area contributed by atoms with Gasteiger partial charge in [0, 0.05) is 62.3 Å². The van der Waals surface area contributed by atoms with Gasteiger partial charge in [-0.15, -0.1) is 0 Å². The molecule has 8 nitrogen and oxygen atoms in total. The smallest absolute Gasteiger partial charge is 0.324 e. The molecule has 0 spiro atoms. The number of amides is 2. The molecule has 188 valence electrons. The normalized spacial score (nSPS) is 14.1. The molecule has 0 bridgehead atoms. The van der Waals surface area contributed by atoms with Crippen molar-refractivity contribution in [1.82, 2.24) is 14.5 Å². The average Bonchev–Trinajstić information content (AvgIpc) is 3.19. The van der Waals surface area contributed by atoms with Gasteiger partial charge in [-0.1, -0.05) is 31.4 Å². The van der Waals surface area contributed by atoms with Crippen LogP contribution in [0.4, 0.5) is 10.5 Å². The van der Waals surface area contributed by atoms with E-state index < -0.39 is 0 Å². The maximum atomic E-state index is 13.5. The molecule has 4 rings (SSSR count). The number of anilines is 1. The van der Waals surface area contributed by atoms with E-state index in [1.54, 1.807) is 18.2 Å². The second-order valence-electron chi connectivity index (χ2n) is 8.73. The van der Waals surface area contributed by atoms with Gasteiger partial charge in [0.15, 0.2) is 11.5 Å². The lowest BCUT2D eigenvalue weighted by molar-refractivity contribution is 0.192. The Balaban J connectivity index is 1.55. The lowest BCUT2D eigenvalue weighted by Crippen LogP contribution is -2.49. The van der Waals surface area contributed by atoms with Crippen molar-refractivity contribution in [3.05, 3.63) is 47.2 Å². The van der Waals surface area contributed by atoms with E-state index in [1.165, 1.54) is 0 Å². The number of methoxy groups -OCH3 is 1. The number of carbonyl (C=O) groups excluding carboxylic acids is 1. The second-order valence-corrected chi connectivity index (χ2v) is 9.14. The van der Waals surface area contributed by atoms with Crippen LogP contribution in [-0.4, -0.2) is 53.8 Å². The molecule has 9 heteroatoms. The topological polar surface area (TPSA) is 85.9 Å². The molecule has 0 unspecified atom stereocenters. The number of benzene rings is 1. The quantitative estimate of drug-likeness (QED) is 0.373. The number of ether oxygens (including phenoxy) is 2. The summed E-state index contributed by atoms with van der Waals surface area (Å²) in [6.45, 7) is 5.70. The fourth-order valence-corrected chi connectivity index (χ4v) is 4.85. The third-order valence-corrected chi connectivity index (χ3v) is 6.59. The molecule has 1 aliphatic rings. The molecule has 2 N–H and O–H groups in total. The summed E-state index contributed by atoms with van der Waals surface area (Å²) >= 11 is 6.56. The monoisotopic (exact) mass is 499 g/mol. The number of carbonyl (C=O) groups is 1. The van der Waals surface area contributed by atoms with Crippen LogP contribution >= 0.6 is 11.6 Å². The molecular formula is C26H34ClN5O3. The molecule has 0 atom stereocenters. The molecule has 1 aromatic carbocycles. The Bertz CT molecular complexity index is 1170. The Morgan fingerprint density at radius 3 is 2.80 bits per heavy atom. The van der Waals surface area contributed by atoms with E-state index in [0.29, 0.717) is 55.9 Å². The number of halogens is 1. The summed E-state index contributed by atoms with van der Waals surface area (Å²) in [7, 11) is 1.63. The first-order valence-electron chi connectivity index (χ1n) is 12.3. The maximum Gasteiger partial charge on any atom is 0.324 e. The number of unbranched alkanes of at least 4 members (excludes halogenated alkanes) is 2. The number of hydrogen-bond donors (Lipinski definition) is 1. The molecule has 3 aromatic rings. The Morgan fingerprint density at radius 1 is 1.17 bits per heavy atom. The minimum atomic E-state index is -0.0409. The number of nitrogens with zero attached hydrogens (tertiary/aromatic N) is 4. The Kier molecular flexibility index (Phi) is 8.36. The highest BCUT2D eigenvalue weighted by Crippen LogP contribution is 2.34. The van der Waals surface area contributed by atoms with E-state index >= 15 is 0 Å². The van der Waals surface area contributed by atoms with Crippen molar-refractivity contribution >= 4 is 34.4 Å². The number of nitrogens with two attached hydrogens (primary N) is 1. The second kappa shape index (κ2) is 11.6. The standard InChI is InChI=1S/C26H34ClN5O3/c1-3-4-5-15-35-23-16-20(7-8-22(23)34-2)32-13-6-12-31(26(32)33)17-19-9-11-29-25-24(19)21(27)18-30(25)14-10-28/h7-9,11,16,18H,3-6,10,12-15,17,28H2,1-2H3.